The second-order valence-corrected chi connectivity index (χ2v) is 6.79. The molecule has 138 valence electrons. The van der Waals surface area contributed by atoms with Crippen LogP contribution in [-0.2, 0) is 10.3 Å². The molecular formula is C16H20F3N3O3. The molecule has 1 atom stereocenters. The Hall–Kier alpha value is -2.16. The molecule has 1 aliphatic rings. The zero-order valence-electron chi connectivity index (χ0n) is 14.2. The highest BCUT2D eigenvalue weighted by atomic mass is 19.4. The van der Waals surface area contributed by atoms with Gasteiger partial charge in [0, 0.05) is 12.6 Å². The Balaban J connectivity index is 2.74. The molecule has 0 unspecified atom stereocenters. The van der Waals surface area contributed by atoms with Gasteiger partial charge in [0.05, 0.1) is 15.9 Å². The van der Waals surface area contributed by atoms with Crippen LogP contribution in [0, 0.1) is 15.5 Å². The summed E-state index contributed by atoms with van der Waals surface area (Å²) in [7, 11) is 0. The molecule has 0 aromatic heterocycles. The van der Waals surface area contributed by atoms with Crippen molar-refractivity contribution in [2.75, 3.05) is 6.54 Å². The van der Waals surface area contributed by atoms with Crippen molar-refractivity contribution in [3.63, 3.8) is 0 Å². The van der Waals surface area contributed by atoms with Crippen LogP contribution in [-0.4, -0.2) is 28.6 Å². The number of nitro groups is 1. The first-order valence-electron chi connectivity index (χ1n) is 7.86. The van der Waals surface area contributed by atoms with Gasteiger partial charge in [0.25, 0.3) is 5.69 Å². The van der Waals surface area contributed by atoms with Crippen molar-refractivity contribution < 1.29 is 22.9 Å². The summed E-state index contributed by atoms with van der Waals surface area (Å²) < 4.78 is 42.9. The average Bonchev–Trinajstić information content (AvgIpc) is 2.77. The smallest absolute Gasteiger partial charge is 0.287 e. The Labute approximate surface area is 143 Å². The normalized spacial score (nSPS) is 20.2. The van der Waals surface area contributed by atoms with Crippen molar-refractivity contribution in [3.05, 3.63) is 39.9 Å². The van der Waals surface area contributed by atoms with Gasteiger partial charge >= 0.3 is 6.18 Å². The number of halogens is 3. The highest BCUT2D eigenvalue weighted by Crippen LogP contribution is 2.51. The van der Waals surface area contributed by atoms with E-state index in [-0.39, 0.29) is 13.0 Å². The lowest BCUT2D eigenvalue weighted by Crippen LogP contribution is -2.59. The van der Waals surface area contributed by atoms with Gasteiger partial charge in [-0.2, -0.15) is 13.2 Å². The van der Waals surface area contributed by atoms with Gasteiger partial charge in [-0.1, -0.05) is 25.5 Å². The lowest BCUT2D eigenvalue weighted by molar-refractivity contribution is -0.388. The molecule has 1 aromatic carbocycles. The van der Waals surface area contributed by atoms with Crippen LogP contribution in [0.5, 0.6) is 0 Å². The maximum absolute atomic E-state index is 14.3. The van der Waals surface area contributed by atoms with E-state index >= 15 is 0 Å². The van der Waals surface area contributed by atoms with Crippen LogP contribution < -0.4 is 5.43 Å². The molecule has 0 bridgehead atoms. The maximum atomic E-state index is 14.3. The van der Waals surface area contributed by atoms with Crippen molar-refractivity contribution >= 4 is 11.6 Å². The number of rotatable bonds is 5. The predicted octanol–water partition coefficient (Wildman–Crippen LogP) is 3.53. The Kier molecular flexibility index (Phi) is 4.82. The number of nitrogens with zero attached hydrogens (tertiary/aromatic N) is 2. The number of nitrogens with one attached hydrogen (secondary N) is 1. The minimum Gasteiger partial charge on any atom is -0.287 e. The Morgan fingerprint density at radius 2 is 1.92 bits per heavy atom. The molecule has 0 spiro atoms. The van der Waals surface area contributed by atoms with Crippen molar-refractivity contribution in [3.8, 4) is 0 Å². The number of para-hydroxylation sites is 1. The van der Waals surface area contributed by atoms with Gasteiger partial charge in [-0.05, 0) is 26.3 Å². The van der Waals surface area contributed by atoms with E-state index in [9.17, 15) is 28.1 Å². The first-order chi connectivity index (χ1) is 11.5. The molecule has 1 amide bonds. The number of hydrogen-bond acceptors (Lipinski definition) is 4. The van der Waals surface area contributed by atoms with Crippen LogP contribution in [0.2, 0.25) is 0 Å². The zero-order valence-corrected chi connectivity index (χ0v) is 14.2. The number of alkyl halides is 3. The molecule has 2 rings (SSSR count). The van der Waals surface area contributed by atoms with Crippen molar-refractivity contribution in [2.24, 2.45) is 5.41 Å². The third-order valence-corrected chi connectivity index (χ3v) is 4.49. The van der Waals surface area contributed by atoms with Crippen LogP contribution in [0.1, 0.15) is 39.2 Å². The number of carbonyl (C=O) groups excluding carboxylic acids is 1. The lowest BCUT2D eigenvalue weighted by atomic mass is 9.82. The summed E-state index contributed by atoms with van der Waals surface area (Å²) in [5.74, 6) is -0.546. The second kappa shape index (κ2) is 6.29. The molecular weight excluding hydrogens is 339 g/mol. The van der Waals surface area contributed by atoms with E-state index in [1.165, 1.54) is 26.0 Å². The fourth-order valence-corrected chi connectivity index (χ4v) is 3.22. The lowest BCUT2D eigenvalue weighted by Gasteiger charge is -2.42. The molecule has 1 saturated heterocycles. The van der Waals surface area contributed by atoms with Gasteiger partial charge in [-0.3, -0.25) is 20.3 Å². The first-order valence-corrected chi connectivity index (χ1v) is 7.86. The highest BCUT2D eigenvalue weighted by molar-refractivity contribution is 5.83. The quantitative estimate of drug-likeness (QED) is 0.645. The number of benzene rings is 1. The number of amides is 1. The molecule has 25 heavy (non-hydrogen) atoms. The van der Waals surface area contributed by atoms with Crippen LogP contribution in [0.3, 0.4) is 0 Å². The summed E-state index contributed by atoms with van der Waals surface area (Å²) in [6, 6.07) is 4.82. The molecule has 0 saturated carbocycles. The minimum absolute atomic E-state index is 0.123. The van der Waals surface area contributed by atoms with Gasteiger partial charge in [0.15, 0.2) is 5.54 Å². The highest BCUT2D eigenvalue weighted by Gasteiger charge is 2.64. The molecule has 1 aliphatic heterocycles. The van der Waals surface area contributed by atoms with E-state index in [0.717, 1.165) is 17.1 Å². The third-order valence-electron chi connectivity index (χ3n) is 4.49. The van der Waals surface area contributed by atoms with Crippen molar-refractivity contribution in [1.82, 2.24) is 10.4 Å². The Morgan fingerprint density at radius 3 is 2.36 bits per heavy atom. The third kappa shape index (κ3) is 3.08. The van der Waals surface area contributed by atoms with E-state index in [1.54, 1.807) is 6.92 Å². The topological polar surface area (TPSA) is 75.5 Å². The molecule has 1 heterocycles. The van der Waals surface area contributed by atoms with E-state index in [4.69, 9.17) is 0 Å². The molecule has 9 heteroatoms. The molecule has 1 fully saturated rings. The molecule has 1 N–H and O–H groups in total. The van der Waals surface area contributed by atoms with Crippen LogP contribution in [0.25, 0.3) is 0 Å². The van der Waals surface area contributed by atoms with Gasteiger partial charge in [-0.25, -0.2) is 5.01 Å². The van der Waals surface area contributed by atoms with Gasteiger partial charge in [0.2, 0.25) is 5.91 Å². The largest absolute Gasteiger partial charge is 0.412 e. The SMILES string of the molecule is CCC[C@@](c1ccccc1[N+](=O)[O-])(N1CC(C)(C)C(=O)N1)C(F)(F)F. The standard InChI is InChI=1S/C16H20F3N3O3/c1-4-9-15(16(17,18)19,21-10-14(2,3)13(23)20-21)11-7-5-6-8-12(11)22(24)25/h5-8H,4,9-10H2,1-3H3,(H,20,23)/t15-/m0/s1. The summed E-state index contributed by atoms with van der Waals surface area (Å²) in [6.07, 6.45) is -5.13. The Bertz CT molecular complexity index is 691. The zero-order chi connectivity index (χ0) is 19.0. The van der Waals surface area contributed by atoms with Gasteiger partial charge in [0.1, 0.15) is 0 Å². The van der Waals surface area contributed by atoms with Crippen LogP contribution in [0.4, 0.5) is 18.9 Å². The van der Waals surface area contributed by atoms with Crippen LogP contribution >= 0.6 is 0 Å². The summed E-state index contributed by atoms with van der Waals surface area (Å²) in [5, 5.41) is 12.2. The van der Waals surface area contributed by atoms with Gasteiger partial charge in [-0.15, -0.1) is 0 Å². The van der Waals surface area contributed by atoms with Gasteiger partial charge < -0.3 is 0 Å². The summed E-state index contributed by atoms with van der Waals surface area (Å²) >= 11 is 0. The first kappa shape index (κ1) is 19.2. The monoisotopic (exact) mass is 359 g/mol. The molecule has 6 nitrogen and oxygen atoms in total. The molecule has 0 aliphatic carbocycles. The number of carbonyl (C=O) groups is 1. The maximum Gasteiger partial charge on any atom is 0.412 e. The minimum atomic E-state index is -4.83. The van der Waals surface area contributed by atoms with E-state index < -0.39 is 45.6 Å². The van der Waals surface area contributed by atoms with Crippen molar-refractivity contribution in [1.29, 1.82) is 0 Å². The molecule has 0 radical (unpaired) electrons. The predicted molar refractivity (Wildman–Crippen MR) is 84.4 cm³/mol. The average molecular weight is 359 g/mol. The van der Waals surface area contributed by atoms with E-state index in [0.29, 0.717) is 0 Å². The summed E-state index contributed by atoms with van der Waals surface area (Å²) in [4.78, 5) is 22.6. The van der Waals surface area contributed by atoms with Crippen molar-refractivity contribution in [2.45, 2.75) is 45.3 Å². The number of nitro benzene ring substituents is 1. The molecule has 1 aromatic rings. The fraction of sp³-hybridized carbons (Fsp3) is 0.562. The summed E-state index contributed by atoms with van der Waals surface area (Å²) in [5.41, 5.74) is -2.50. The second-order valence-electron chi connectivity index (χ2n) is 6.79. The van der Waals surface area contributed by atoms with E-state index in [2.05, 4.69) is 5.43 Å². The summed E-state index contributed by atoms with van der Waals surface area (Å²) in [6.45, 7) is 4.43. The Morgan fingerprint density at radius 1 is 1.32 bits per heavy atom. The number of hydrogen-bond donors (Lipinski definition) is 1. The van der Waals surface area contributed by atoms with Crippen LogP contribution in [0.15, 0.2) is 24.3 Å². The fourth-order valence-electron chi connectivity index (χ4n) is 3.22. The number of hydrazine groups is 1. The van der Waals surface area contributed by atoms with E-state index in [1.807, 2.05) is 0 Å².